The number of rotatable bonds is 4. The number of fused-ring (bicyclic) bond motifs is 1. The topological polar surface area (TPSA) is 65.3 Å². The van der Waals surface area contributed by atoms with Crippen LogP contribution < -0.4 is 10.1 Å². The Labute approximate surface area is 119 Å². The number of hydrogen-bond donors (Lipinski definition) is 2. The average molecular weight is 272 g/mol. The summed E-state index contributed by atoms with van der Waals surface area (Å²) in [7, 11) is 0. The van der Waals surface area contributed by atoms with Crippen molar-refractivity contribution in [3.05, 3.63) is 28.8 Å². The number of nitriles is 1. The van der Waals surface area contributed by atoms with Crippen LogP contribution in [0.5, 0.6) is 5.75 Å². The molecule has 2 atom stereocenters. The fraction of sp³-hybridized carbons (Fsp3) is 0.562. The molecule has 2 N–H and O–H groups in total. The number of benzene rings is 1. The van der Waals surface area contributed by atoms with Crippen LogP contribution in [-0.2, 0) is 12.8 Å². The van der Waals surface area contributed by atoms with Gasteiger partial charge in [0.15, 0.2) is 0 Å². The Balaban J connectivity index is 1.77. The molecule has 1 aromatic carbocycles. The van der Waals surface area contributed by atoms with Crippen LogP contribution in [0.3, 0.4) is 0 Å². The molecule has 0 radical (unpaired) electrons. The third-order valence-corrected chi connectivity index (χ3v) is 4.35. The molecule has 2 aliphatic rings. The molecule has 1 fully saturated rings. The van der Waals surface area contributed by atoms with Crippen LogP contribution in [0, 0.1) is 17.2 Å². The second-order valence-corrected chi connectivity index (χ2v) is 5.75. The molecule has 20 heavy (non-hydrogen) atoms. The van der Waals surface area contributed by atoms with Gasteiger partial charge in [0.2, 0.25) is 0 Å². The molecular formula is C16H20N2O2. The molecule has 4 nitrogen and oxygen atoms in total. The molecule has 0 aromatic heterocycles. The largest absolute Gasteiger partial charge is 0.491 e. The highest BCUT2D eigenvalue weighted by Gasteiger charge is 2.26. The first kappa shape index (κ1) is 13.4. The summed E-state index contributed by atoms with van der Waals surface area (Å²) in [6.45, 7) is 1.86. The molecule has 106 valence electrons. The predicted molar refractivity (Wildman–Crippen MR) is 75.7 cm³/mol. The lowest BCUT2D eigenvalue weighted by molar-refractivity contribution is 0.232. The number of nitrogens with one attached hydrogen (secondary N) is 1. The van der Waals surface area contributed by atoms with E-state index in [0.717, 1.165) is 31.4 Å². The second-order valence-electron chi connectivity index (χ2n) is 5.75. The Hall–Kier alpha value is -1.57. The van der Waals surface area contributed by atoms with Crippen LogP contribution in [0.15, 0.2) is 12.1 Å². The van der Waals surface area contributed by atoms with Gasteiger partial charge in [0.05, 0.1) is 5.56 Å². The van der Waals surface area contributed by atoms with Crippen LogP contribution >= 0.6 is 0 Å². The lowest BCUT2D eigenvalue weighted by atomic mass is 10.0. The predicted octanol–water partition coefficient (Wildman–Crippen LogP) is 1.40. The first-order valence-electron chi connectivity index (χ1n) is 7.33. The zero-order chi connectivity index (χ0) is 13.9. The van der Waals surface area contributed by atoms with E-state index in [9.17, 15) is 10.4 Å². The summed E-state index contributed by atoms with van der Waals surface area (Å²) >= 11 is 0. The zero-order valence-electron chi connectivity index (χ0n) is 11.6. The summed E-state index contributed by atoms with van der Waals surface area (Å²) in [5.41, 5.74) is 2.92. The fourth-order valence-corrected chi connectivity index (χ4v) is 3.23. The van der Waals surface area contributed by atoms with Gasteiger partial charge in [-0.05, 0) is 55.3 Å². The van der Waals surface area contributed by atoms with Gasteiger partial charge in [0.25, 0.3) is 0 Å². The van der Waals surface area contributed by atoms with Crippen LogP contribution in [0.1, 0.15) is 29.5 Å². The molecular weight excluding hydrogens is 252 g/mol. The maximum absolute atomic E-state index is 9.43. The molecule has 1 aromatic rings. The number of nitrogens with zero attached hydrogens (tertiary/aromatic N) is 1. The van der Waals surface area contributed by atoms with E-state index in [2.05, 4.69) is 11.4 Å². The van der Waals surface area contributed by atoms with Crippen molar-refractivity contribution < 1.29 is 9.84 Å². The van der Waals surface area contributed by atoms with Gasteiger partial charge in [-0.25, -0.2) is 0 Å². The summed E-state index contributed by atoms with van der Waals surface area (Å²) in [5.74, 6) is 0.947. The maximum atomic E-state index is 9.43. The molecule has 1 aliphatic heterocycles. The Bertz CT molecular complexity index is 530. The fourth-order valence-electron chi connectivity index (χ4n) is 3.23. The van der Waals surface area contributed by atoms with Crippen LogP contribution in [0.4, 0.5) is 0 Å². The Kier molecular flexibility index (Phi) is 3.90. The molecule has 1 heterocycles. The first-order valence-corrected chi connectivity index (χ1v) is 7.33. The van der Waals surface area contributed by atoms with E-state index in [0.29, 0.717) is 24.0 Å². The van der Waals surface area contributed by atoms with Gasteiger partial charge in [-0.2, -0.15) is 5.26 Å². The summed E-state index contributed by atoms with van der Waals surface area (Å²) < 4.78 is 5.86. The lowest BCUT2D eigenvalue weighted by Gasteiger charge is -2.14. The van der Waals surface area contributed by atoms with Crippen molar-refractivity contribution in [2.24, 2.45) is 5.92 Å². The summed E-state index contributed by atoms with van der Waals surface area (Å²) in [4.78, 5) is 0. The quantitative estimate of drug-likeness (QED) is 0.869. The Morgan fingerprint density at radius 3 is 3.00 bits per heavy atom. The highest BCUT2D eigenvalue weighted by atomic mass is 16.5. The van der Waals surface area contributed by atoms with Crippen molar-refractivity contribution in [1.29, 1.82) is 5.26 Å². The minimum Gasteiger partial charge on any atom is -0.491 e. The third-order valence-electron chi connectivity index (χ3n) is 4.35. The smallest absolute Gasteiger partial charge is 0.137 e. The van der Waals surface area contributed by atoms with Gasteiger partial charge >= 0.3 is 0 Å². The molecule has 4 heteroatoms. The van der Waals surface area contributed by atoms with Gasteiger partial charge in [-0.3, -0.25) is 0 Å². The normalized spacial score (nSPS) is 24.4. The van der Waals surface area contributed by atoms with E-state index in [4.69, 9.17) is 4.74 Å². The molecule has 0 spiro atoms. The van der Waals surface area contributed by atoms with E-state index in [1.807, 2.05) is 12.1 Å². The average Bonchev–Trinajstić information content (AvgIpc) is 3.12. The van der Waals surface area contributed by atoms with Gasteiger partial charge in [-0.1, -0.05) is 6.07 Å². The minimum atomic E-state index is 0.182. The van der Waals surface area contributed by atoms with Crippen molar-refractivity contribution >= 4 is 0 Å². The van der Waals surface area contributed by atoms with Gasteiger partial charge in [-0.15, -0.1) is 0 Å². The lowest BCUT2D eigenvalue weighted by Crippen LogP contribution is -2.28. The van der Waals surface area contributed by atoms with E-state index >= 15 is 0 Å². The standard InChI is InChI=1S/C16H20N2O2/c17-8-15-14-7-11(9-19)6-12(14)3-4-16(15)20-10-13-2-1-5-18-13/h3-4,11,13,18-19H,1-2,5-7,9-10H2. The van der Waals surface area contributed by atoms with Crippen molar-refractivity contribution in [1.82, 2.24) is 5.32 Å². The van der Waals surface area contributed by atoms with Crippen molar-refractivity contribution in [3.63, 3.8) is 0 Å². The van der Waals surface area contributed by atoms with Gasteiger partial charge < -0.3 is 15.2 Å². The molecule has 1 saturated heterocycles. The SMILES string of the molecule is N#Cc1c(OCC2CCCN2)ccc2c1CC(CO)C2. The van der Waals surface area contributed by atoms with Crippen molar-refractivity contribution in [2.45, 2.75) is 31.7 Å². The first-order chi connectivity index (χ1) is 9.81. The van der Waals surface area contributed by atoms with Gasteiger partial charge in [0.1, 0.15) is 18.4 Å². The molecule has 2 unspecified atom stereocenters. The van der Waals surface area contributed by atoms with Crippen molar-refractivity contribution in [3.8, 4) is 11.8 Å². The van der Waals surface area contributed by atoms with Gasteiger partial charge in [0, 0.05) is 12.6 Å². The molecule has 0 amide bonds. The summed E-state index contributed by atoms with van der Waals surface area (Å²) in [6, 6.07) is 6.65. The monoisotopic (exact) mass is 272 g/mol. The Morgan fingerprint density at radius 2 is 2.30 bits per heavy atom. The maximum Gasteiger partial charge on any atom is 0.137 e. The number of hydrogen-bond acceptors (Lipinski definition) is 4. The van der Waals surface area contributed by atoms with Crippen LogP contribution in [-0.4, -0.2) is 30.9 Å². The molecule has 3 rings (SSSR count). The molecule has 0 saturated carbocycles. The third kappa shape index (κ3) is 2.52. The summed E-state index contributed by atoms with van der Waals surface area (Å²) in [5, 5.41) is 22.1. The zero-order valence-corrected chi connectivity index (χ0v) is 11.6. The van der Waals surface area contributed by atoms with Crippen LogP contribution in [0.25, 0.3) is 0 Å². The molecule has 0 bridgehead atoms. The number of aliphatic hydroxyl groups excluding tert-OH is 1. The second kappa shape index (κ2) is 5.82. The van der Waals surface area contributed by atoms with Crippen molar-refractivity contribution in [2.75, 3.05) is 19.8 Å². The van der Waals surface area contributed by atoms with E-state index < -0.39 is 0 Å². The number of aliphatic hydroxyl groups is 1. The highest BCUT2D eigenvalue weighted by molar-refractivity contribution is 5.54. The number of ether oxygens (including phenoxy) is 1. The van der Waals surface area contributed by atoms with E-state index in [1.54, 1.807) is 0 Å². The van der Waals surface area contributed by atoms with Crippen LogP contribution in [0.2, 0.25) is 0 Å². The summed E-state index contributed by atoms with van der Waals surface area (Å²) in [6.07, 6.45) is 3.99. The molecule has 1 aliphatic carbocycles. The van der Waals surface area contributed by atoms with E-state index in [1.165, 1.54) is 12.0 Å². The van der Waals surface area contributed by atoms with E-state index in [-0.39, 0.29) is 12.5 Å². The Morgan fingerprint density at radius 1 is 1.40 bits per heavy atom. The highest BCUT2D eigenvalue weighted by Crippen LogP contribution is 2.34. The minimum absolute atomic E-state index is 0.182.